The molecule has 1 heterocycles. The van der Waals surface area contributed by atoms with E-state index >= 15 is 0 Å². The number of hydrogen-bond acceptors (Lipinski definition) is 3. The van der Waals surface area contributed by atoms with Gasteiger partial charge in [-0.05, 0) is 37.5 Å². The molecule has 1 aliphatic rings. The van der Waals surface area contributed by atoms with Gasteiger partial charge in [0.15, 0.2) is 5.78 Å². The van der Waals surface area contributed by atoms with E-state index in [1.807, 2.05) is 19.5 Å². The molecule has 0 N–H and O–H groups in total. The van der Waals surface area contributed by atoms with E-state index in [-0.39, 0.29) is 5.92 Å². The van der Waals surface area contributed by atoms with Gasteiger partial charge in [-0.25, -0.2) is 0 Å². The average Bonchev–Trinajstić information content (AvgIpc) is 2.56. The number of fused-ring (bicyclic) bond motifs is 1. The summed E-state index contributed by atoms with van der Waals surface area (Å²) < 4.78 is 0. The largest absolute Gasteiger partial charge is 0.309 e. The Morgan fingerprint density at radius 1 is 1.62 bits per heavy atom. The maximum atomic E-state index is 11.8. The summed E-state index contributed by atoms with van der Waals surface area (Å²) >= 11 is 1.58. The van der Waals surface area contributed by atoms with Gasteiger partial charge in [-0.2, -0.15) is 0 Å². The van der Waals surface area contributed by atoms with Crippen LogP contribution in [0.5, 0.6) is 0 Å². The van der Waals surface area contributed by atoms with Crippen molar-refractivity contribution in [2.24, 2.45) is 5.92 Å². The third kappa shape index (κ3) is 1.54. The van der Waals surface area contributed by atoms with Crippen molar-refractivity contribution in [2.75, 3.05) is 20.6 Å². The van der Waals surface area contributed by atoms with Crippen molar-refractivity contribution in [1.29, 1.82) is 0 Å². The third-order valence-corrected chi connectivity index (χ3v) is 3.36. The molecule has 1 atom stereocenters. The number of hydrogen-bond donors (Lipinski definition) is 0. The van der Waals surface area contributed by atoms with E-state index in [1.54, 1.807) is 11.3 Å². The number of rotatable bonds is 2. The fourth-order valence-corrected chi connectivity index (χ4v) is 2.80. The lowest BCUT2D eigenvalue weighted by Gasteiger charge is -2.13. The van der Waals surface area contributed by atoms with Crippen LogP contribution in [0.3, 0.4) is 0 Å². The Labute approximate surface area is 82.2 Å². The number of Topliss-reactive ketones (excluding diaryl/α,β-unsaturated/α-hetero) is 1. The molecule has 0 aliphatic heterocycles. The van der Waals surface area contributed by atoms with Gasteiger partial charge in [0.05, 0.1) is 4.88 Å². The molecule has 0 bridgehead atoms. The molecule has 0 radical (unpaired) electrons. The second-order valence-corrected chi connectivity index (χ2v) is 4.72. The minimum Gasteiger partial charge on any atom is -0.309 e. The normalized spacial score (nSPS) is 21.2. The standard InChI is InChI=1S/C10H13NOS/c1-11(2)6-8-5-7-3-4-13-10(7)9(8)12/h3-4,8H,5-6H2,1-2H3. The molecule has 0 aromatic carbocycles. The van der Waals surface area contributed by atoms with Crippen LogP contribution in [0.2, 0.25) is 0 Å². The van der Waals surface area contributed by atoms with Crippen LogP contribution in [0, 0.1) is 5.92 Å². The molecule has 70 valence electrons. The van der Waals surface area contributed by atoms with Crippen LogP contribution in [0.4, 0.5) is 0 Å². The van der Waals surface area contributed by atoms with Crippen molar-refractivity contribution in [3.63, 3.8) is 0 Å². The predicted molar refractivity (Wildman–Crippen MR) is 54.4 cm³/mol. The maximum absolute atomic E-state index is 11.8. The van der Waals surface area contributed by atoms with E-state index in [4.69, 9.17) is 0 Å². The number of ketones is 1. The fraction of sp³-hybridized carbons (Fsp3) is 0.500. The molecule has 0 saturated heterocycles. The number of nitrogens with zero attached hydrogens (tertiary/aromatic N) is 1. The third-order valence-electron chi connectivity index (χ3n) is 2.39. The average molecular weight is 195 g/mol. The van der Waals surface area contributed by atoms with E-state index < -0.39 is 0 Å². The first-order valence-corrected chi connectivity index (χ1v) is 5.31. The molecule has 2 rings (SSSR count). The summed E-state index contributed by atoms with van der Waals surface area (Å²) in [5.41, 5.74) is 1.25. The van der Waals surface area contributed by atoms with Crippen LogP contribution in [0.1, 0.15) is 15.2 Å². The van der Waals surface area contributed by atoms with Gasteiger partial charge < -0.3 is 4.90 Å². The van der Waals surface area contributed by atoms with Gasteiger partial charge >= 0.3 is 0 Å². The van der Waals surface area contributed by atoms with Gasteiger partial charge in [0.2, 0.25) is 0 Å². The Bertz CT molecular complexity index is 329. The Morgan fingerprint density at radius 3 is 3.00 bits per heavy atom. The molecule has 3 heteroatoms. The topological polar surface area (TPSA) is 20.3 Å². The fourth-order valence-electron chi connectivity index (χ4n) is 1.84. The molecule has 0 fully saturated rings. The number of thiophene rings is 1. The van der Waals surface area contributed by atoms with Crippen LogP contribution < -0.4 is 0 Å². The van der Waals surface area contributed by atoms with Crippen LogP contribution in [0.25, 0.3) is 0 Å². The maximum Gasteiger partial charge on any atom is 0.177 e. The van der Waals surface area contributed by atoms with Crippen LogP contribution >= 0.6 is 11.3 Å². The van der Waals surface area contributed by atoms with E-state index in [9.17, 15) is 4.79 Å². The van der Waals surface area contributed by atoms with E-state index in [0.717, 1.165) is 17.8 Å². The molecule has 0 spiro atoms. The van der Waals surface area contributed by atoms with Gasteiger partial charge in [-0.15, -0.1) is 11.3 Å². The molecule has 0 amide bonds. The molecule has 13 heavy (non-hydrogen) atoms. The second-order valence-electron chi connectivity index (χ2n) is 3.80. The second kappa shape index (κ2) is 3.24. The Kier molecular flexibility index (Phi) is 2.22. The van der Waals surface area contributed by atoms with Crippen LogP contribution in [0.15, 0.2) is 11.4 Å². The van der Waals surface area contributed by atoms with Crippen molar-refractivity contribution in [3.8, 4) is 0 Å². The summed E-state index contributed by atoms with van der Waals surface area (Å²) in [7, 11) is 4.03. The molecule has 0 saturated carbocycles. The zero-order valence-corrected chi connectivity index (χ0v) is 8.73. The van der Waals surface area contributed by atoms with Gasteiger partial charge in [0, 0.05) is 12.5 Å². The first-order valence-electron chi connectivity index (χ1n) is 4.44. The zero-order chi connectivity index (χ0) is 9.42. The van der Waals surface area contributed by atoms with Crippen molar-refractivity contribution in [3.05, 3.63) is 21.9 Å². The summed E-state index contributed by atoms with van der Waals surface area (Å²) in [6.45, 7) is 0.875. The quantitative estimate of drug-likeness (QED) is 0.715. The molecule has 1 aromatic heterocycles. The van der Waals surface area contributed by atoms with Gasteiger partial charge in [0.1, 0.15) is 0 Å². The SMILES string of the molecule is CN(C)CC1Cc2ccsc2C1=O. The first-order chi connectivity index (χ1) is 6.18. The Morgan fingerprint density at radius 2 is 2.38 bits per heavy atom. The Hall–Kier alpha value is -0.670. The highest BCUT2D eigenvalue weighted by Gasteiger charge is 2.31. The zero-order valence-electron chi connectivity index (χ0n) is 7.91. The van der Waals surface area contributed by atoms with Gasteiger partial charge in [0.25, 0.3) is 0 Å². The lowest BCUT2D eigenvalue weighted by Crippen LogP contribution is -2.25. The smallest absolute Gasteiger partial charge is 0.177 e. The van der Waals surface area contributed by atoms with Crippen molar-refractivity contribution in [2.45, 2.75) is 6.42 Å². The van der Waals surface area contributed by atoms with E-state index in [1.165, 1.54) is 5.56 Å². The molecular weight excluding hydrogens is 182 g/mol. The number of carbonyl (C=O) groups excluding carboxylic acids is 1. The van der Waals surface area contributed by atoms with E-state index in [0.29, 0.717) is 5.78 Å². The van der Waals surface area contributed by atoms with Gasteiger partial charge in [-0.3, -0.25) is 4.79 Å². The molecule has 2 nitrogen and oxygen atoms in total. The lowest BCUT2D eigenvalue weighted by molar-refractivity contribution is 0.0920. The number of carbonyl (C=O) groups is 1. The summed E-state index contributed by atoms with van der Waals surface area (Å²) in [5, 5.41) is 2.01. The van der Waals surface area contributed by atoms with Crippen molar-refractivity contribution < 1.29 is 4.79 Å². The minimum atomic E-state index is 0.206. The summed E-state index contributed by atoms with van der Waals surface area (Å²) in [4.78, 5) is 14.9. The Balaban J connectivity index is 2.15. The van der Waals surface area contributed by atoms with Crippen molar-refractivity contribution in [1.82, 2.24) is 4.90 Å². The molecule has 1 aromatic rings. The highest BCUT2D eigenvalue weighted by atomic mass is 32.1. The highest BCUT2D eigenvalue weighted by molar-refractivity contribution is 7.12. The molecule has 1 unspecified atom stereocenters. The summed E-state index contributed by atoms with van der Waals surface area (Å²) in [6, 6.07) is 2.08. The van der Waals surface area contributed by atoms with E-state index in [2.05, 4.69) is 11.0 Å². The van der Waals surface area contributed by atoms with Crippen LogP contribution in [-0.4, -0.2) is 31.3 Å². The minimum absolute atomic E-state index is 0.206. The summed E-state index contributed by atoms with van der Waals surface area (Å²) in [5.74, 6) is 0.552. The predicted octanol–water partition coefficient (Wildman–Crippen LogP) is 1.66. The van der Waals surface area contributed by atoms with Gasteiger partial charge in [-0.1, -0.05) is 0 Å². The highest BCUT2D eigenvalue weighted by Crippen LogP contribution is 2.31. The van der Waals surface area contributed by atoms with Crippen LogP contribution in [-0.2, 0) is 6.42 Å². The molecule has 1 aliphatic carbocycles. The summed E-state index contributed by atoms with van der Waals surface area (Å²) in [6.07, 6.45) is 0.940. The van der Waals surface area contributed by atoms with Crippen molar-refractivity contribution >= 4 is 17.1 Å². The first kappa shape index (κ1) is 8.91. The lowest BCUT2D eigenvalue weighted by atomic mass is 10.1. The monoisotopic (exact) mass is 195 g/mol. The molecular formula is C10H13NOS.